The zero-order valence-electron chi connectivity index (χ0n) is 24.1. The molecule has 0 radical (unpaired) electrons. The van der Waals surface area contributed by atoms with Crippen molar-refractivity contribution in [3.05, 3.63) is 42.0 Å². The number of carbonyl (C=O) groups is 1. The number of likely N-dealkylation sites (tertiary alicyclic amines) is 1. The second-order valence-corrected chi connectivity index (χ2v) is 11.5. The van der Waals surface area contributed by atoms with Gasteiger partial charge in [-0.05, 0) is 57.4 Å². The highest BCUT2D eigenvalue weighted by Gasteiger charge is 2.37. The average molecular weight is 545 g/mol. The molecule has 9 nitrogen and oxygen atoms in total. The van der Waals surface area contributed by atoms with Crippen LogP contribution in [-0.2, 0) is 6.54 Å². The number of imidazole rings is 1. The lowest BCUT2D eigenvalue weighted by atomic mass is 10.0. The van der Waals surface area contributed by atoms with Crippen molar-refractivity contribution in [1.82, 2.24) is 19.0 Å². The minimum Gasteiger partial charge on any atom is -0.494 e. The largest absolute Gasteiger partial charge is 0.494 e. The van der Waals surface area contributed by atoms with Crippen LogP contribution in [-0.4, -0.2) is 75.5 Å². The number of rotatable bonds is 7. The molecule has 212 valence electrons. The molecule has 4 atom stereocenters. The van der Waals surface area contributed by atoms with Crippen molar-refractivity contribution in [2.45, 2.75) is 58.8 Å². The number of para-hydroxylation sites is 1. The topological polar surface area (TPSA) is 102 Å². The number of carbonyl (C=O) groups excluding carboxylic acids is 1. The van der Waals surface area contributed by atoms with Gasteiger partial charge in [0.25, 0.3) is 5.91 Å². The summed E-state index contributed by atoms with van der Waals surface area (Å²) >= 11 is 0. The van der Waals surface area contributed by atoms with Gasteiger partial charge in [-0.1, -0.05) is 19.1 Å². The van der Waals surface area contributed by atoms with Crippen LogP contribution in [0.1, 0.15) is 50.5 Å². The first-order valence-corrected chi connectivity index (χ1v) is 14.4. The molecule has 3 N–H and O–H groups in total. The Morgan fingerprint density at radius 1 is 1.15 bits per heavy atom. The van der Waals surface area contributed by atoms with Crippen molar-refractivity contribution < 1.29 is 14.6 Å². The Hall–Kier alpha value is -3.56. The number of nitrogens with zero attached hydrogens (tertiary/aromatic N) is 5. The summed E-state index contributed by atoms with van der Waals surface area (Å²) in [4.78, 5) is 23.1. The van der Waals surface area contributed by atoms with Gasteiger partial charge in [0.05, 0.1) is 29.5 Å². The monoisotopic (exact) mass is 544 g/mol. The van der Waals surface area contributed by atoms with Gasteiger partial charge in [-0.2, -0.15) is 0 Å². The normalized spacial score (nSPS) is 22.6. The number of fused-ring (bicyclic) bond motifs is 1. The lowest BCUT2D eigenvalue weighted by Crippen LogP contribution is -2.40. The maximum absolute atomic E-state index is 13.7. The molecular weight excluding hydrogens is 504 g/mol. The van der Waals surface area contributed by atoms with Crippen molar-refractivity contribution >= 4 is 33.5 Å². The minimum atomic E-state index is -0.0372. The van der Waals surface area contributed by atoms with Crippen LogP contribution in [0, 0.1) is 5.92 Å². The number of aryl methyl sites for hydroxylation is 1. The SMILES string of the molecule is CCn1c(-c2cc3cccc4c3n2C(C)CN4CCCO)nc2cc(C(=O)N3C[C@@H](C)[C@@H](N)[C@H]3C)cc(OC)c21. The molecule has 1 amide bonds. The summed E-state index contributed by atoms with van der Waals surface area (Å²) in [5.74, 6) is 1.72. The van der Waals surface area contributed by atoms with E-state index >= 15 is 0 Å². The van der Waals surface area contributed by atoms with Gasteiger partial charge in [-0.25, -0.2) is 4.98 Å². The number of methoxy groups -OCH3 is 1. The third kappa shape index (κ3) is 3.97. The van der Waals surface area contributed by atoms with Gasteiger partial charge in [0, 0.05) is 61.9 Å². The molecule has 9 heteroatoms. The first-order valence-electron chi connectivity index (χ1n) is 14.4. The fourth-order valence-corrected chi connectivity index (χ4v) is 6.85. The zero-order valence-corrected chi connectivity index (χ0v) is 24.1. The highest BCUT2D eigenvalue weighted by molar-refractivity contribution is 6.01. The zero-order chi connectivity index (χ0) is 28.3. The Bertz CT molecular complexity index is 1590. The molecule has 1 saturated heterocycles. The van der Waals surface area contributed by atoms with E-state index < -0.39 is 0 Å². The van der Waals surface area contributed by atoms with Crippen LogP contribution in [0.4, 0.5) is 5.69 Å². The van der Waals surface area contributed by atoms with Gasteiger partial charge >= 0.3 is 0 Å². The highest BCUT2D eigenvalue weighted by atomic mass is 16.5. The van der Waals surface area contributed by atoms with Crippen LogP contribution >= 0.6 is 0 Å². The number of hydrogen-bond acceptors (Lipinski definition) is 6. The summed E-state index contributed by atoms with van der Waals surface area (Å²) in [6, 6.07) is 12.6. The van der Waals surface area contributed by atoms with E-state index in [1.165, 1.54) is 16.6 Å². The van der Waals surface area contributed by atoms with Crippen LogP contribution in [0.3, 0.4) is 0 Å². The summed E-state index contributed by atoms with van der Waals surface area (Å²) in [6.07, 6.45) is 0.740. The van der Waals surface area contributed by atoms with E-state index in [1.807, 2.05) is 24.0 Å². The molecule has 0 bridgehead atoms. The molecule has 4 heterocycles. The van der Waals surface area contributed by atoms with Crippen molar-refractivity contribution in [3.63, 3.8) is 0 Å². The van der Waals surface area contributed by atoms with E-state index in [-0.39, 0.29) is 36.6 Å². The lowest BCUT2D eigenvalue weighted by molar-refractivity contribution is 0.0739. The van der Waals surface area contributed by atoms with Crippen LogP contribution in [0.5, 0.6) is 5.75 Å². The number of aliphatic hydroxyl groups is 1. The third-order valence-corrected chi connectivity index (χ3v) is 8.96. The molecule has 1 fully saturated rings. The van der Waals surface area contributed by atoms with E-state index in [1.54, 1.807) is 7.11 Å². The molecule has 0 saturated carbocycles. The molecule has 2 aliphatic heterocycles. The standard InChI is InChI=1S/C31H40N6O3/c1-6-35-29-23(13-22(15-26(29)40-5)31(39)36-16-18(2)27(32)20(36)4)33-30(35)25-14-21-9-7-10-24-28(21)37(25)19(3)17-34(24)11-8-12-38/h7,9-10,13-15,18-20,27,38H,6,8,11-12,16-17,32H2,1-5H3/t18-,19?,20-,27-/m1/s1. The Labute approximate surface area is 235 Å². The van der Waals surface area contributed by atoms with Crippen molar-refractivity contribution in [2.75, 3.05) is 38.3 Å². The molecular formula is C31H40N6O3. The fourth-order valence-electron chi connectivity index (χ4n) is 6.85. The number of aliphatic hydroxyl groups excluding tert-OH is 1. The summed E-state index contributed by atoms with van der Waals surface area (Å²) in [5, 5.41) is 10.6. The second-order valence-electron chi connectivity index (χ2n) is 11.5. The fraction of sp³-hybridized carbons (Fsp3) is 0.484. The van der Waals surface area contributed by atoms with Gasteiger partial charge in [0.2, 0.25) is 0 Å². The van der Waals surface area contributed by atoms with E-state index in [4.69, 9.17) is 15.5 Å². The number of amides is 1. The Morgan fingerprint density at radius 3 is 2.62 bits per heavy atom. The smallest absolute Gasteiger partial charge is 0.254 e. The van der Waals surface area contributed by atoms with Crippen molar-refractivity contribution in [1.29, 1.82) is 0 Å². The van der Waals surface area contributed by atoms with E-state index in [0.717, 1.165) is 42.1 Å². The van der Waals surface area contributed by atoms with Crippen molar-refractivity contribution in [2.24, 2.45) is 11.7 Å². The van der Waals surface area contributed by atoms with Gasteiger partial charge < -0.3 is 34.5 Å². The van der Waals surface area contributed by atoms with E-state index in [9.17, 15) is 9.90 Å². The lowest BCUT2D eigenvalue weighted by Gasteiger charge is -2.35. The van der Waals surface area contributed by atoms with Gasteiger partial charge in [0.1, 0.15) is 11.3 Å². The van der Waals surface area contributed by atoms with Crippen molar-refractivity contribution in [3.8, 4) is 17.3 Å². The number of benzene rings is 2. The van der Waals surface area contributed by atoms with Crippen LogP contribution in [0.15, 0.2) is 36.4 Å². The Balaban J connectivity index is 1.50. The molecule has 2 aromatic carbocycles. The summed E-state index contributed by atoms with van der Waals surface area (Å²) in [6.45, 7) is 11.7. The van der Waals surface area contributed by atoms with Crippen LogP contribution < -0.4 is 15.4 Å². The predicted octanol–water partition coefficient (Wildman–Crippen LogP) is 4.26. The van der Waals surface area contributed by atoms with E-state index in [2.05, 4.69) is 59.1 Å². The van der Waals surface area contributed by atoms with E-state index in [0.29, 0.717) is 24.4 Å². The van der Waals surface area contributed by atoms with Crippen LogP contribution in [0.25, 0.3) is 33.5 Å². The molecule has 6 rings (SSSR count). The number of ether oxygens (including phenoxy) is 1. The molecule has 40 heavy (non-hydrogen) atoms. The predicted molar refractivity (Wildman–Crippen MR) is 159 cm³/mol. The van der Waals surface area contributed by atoms with Gasteiger partial charge in [0.15, 0.2) is 5.82 Å². The number of aromatic nitrogens is 3. The summed E-state index contributed by atoms with van der Waals surface area (Å²) < 4.78 is 10.5. The highest BCUT2D eigenvalue weighted by Crippen LogP contribution is 2.42. The minimum absolute atomic E-state index is 0.0261. The molecule has 0 aliphatic carbocycles. The van der Waals surface area contributed by atoms with Gasteiger partial charge in [-0.3, -0.25) is 4.79 Å². The molecule has 1 unspecified atom stereocenters. The number of nitrogens with two attached hydrogens (primary N) is 1. The first kappa shape index (κ1) is 26.7. The summed E-state index contributed by atoms with van der Waals surface area (Å²) in [5.41, 5.74) is 12.0. The molecule has 2 aliphatic rings. The molecule has 4 aromatic rings. The number of hydrogen-bond donors (Lipinski definition) is 2. The summed E-state index contributed by atoms with van der Waals surface area (Å²) in [7, 11) is 1.65. The Kier molecular flexibility index (Phi) is 6.74. The van der Waals surface area contributed by atoms with Gasteiger partial charge in [-0.15, -0.1) is 0 Å². The maximum atomic E-state index is 13.7. The quantitative estimate of drug-likeness (QED) is 0.361. The third-order valence-electron chi connectivity index (χ3n) is 8.96. The molecule has 0 spiro atoms. The average Bonchev–Trinajstić information content (AvgIpc) is 3.61. The Morgan fingerprint density at radius 2 is 1.95 bits per heavy atom. The van der Waals surface area contributed by atoms with Crippen LogP contribution in [0.2, 0.25) is 0 Å². The molecule has 2 aromatic heterocycles. The maximum Gasteiger partial charge on any atom is 0.254 e. The number of anilines is 1. The first-order chi connectivity index (χ1) is 19.3. The second kappa shape index (κ2) is 10.1.